The van der Waals surface area contributed by atoms with Gasteiger partial charge in [-0.3, -0.25) is 19.3 Å². The van der Waals surface area contributed by atoms with E-state index in [1.54, 1.807) is 38.1 Å². The first kappa shape index (κ1) is 51.5. The average Bonchev–Trinajstić information content (AvgIpc) is 3.56. The largest absolute Gasteiger partial charge is 0.490 e. The Balaban J connectivity index is 0.00000143. The van der Waals surface area contributed by atoms with Gasteiger partial charge in [-0.05, 0) is 71.6 Å². The molecule has 0 radical (unpaired) electrons. The second-order valence-corrected chi connectivity index (χ2v) is 14.8. The third-order valence-corrected chi connectivity index (χ3v) is 9.85. The molecule has 1 aliphatic rings. The van der Waals surface area contributed by atoms with E-state index in [1.165, 1.54) is 4.90 Å². The second-order valence-electron chi connectivity index (χ2n) is 14.8. The molecule has 0 aromatic heterocycles. The number of nitrogens with one attached hydrogen (secondary N) is 4. The molecule has 64 heavy (non-hydrogen) atoms. The number of hydrogen-bond acceptors (Lipinski definition) is 10. The number of anilines is 1. The van der Waals surface area contributed by atoms with Crippen LogP contribution >= 0.6 is 0 Å². The van der Waals surface area contributed by atoms with Crippen molar-refractivity contribution in [3.05, 3.63) is 89.5 Å². The molecular weight excluding hydrogens is 846 g/mol. The fraction of sp³-hybridized carbons (Fsp3) is 0.419. The number of alkyl halides is 3. The lowest BCUT2D eigenvalue weighted by Gasteiger charge is -2.34. The molecule has 18 nitrogen and oxygen atoms in total. The van der Waals surface area contributed by atoms with Crippen LogP contribution in [0.2, 0.25) is 0 Å². The van der Waals surface area contributed by atoms with Gasteiger partial charge < -0.3 is 53.0 Å². The molecule has 1 aliphatic carbocycles. The number of nitrogens with zero attached hydrogens (tertiary/aromatic N) is 1. The number of unbranched alkanes of at least 4 members (excludes halogenated alkanes) is 2. The van der Waals surface area contributed by atoms with Crippen LogP contribution in [0.3, 0.4) is 0 Å². The first-order chi connectivity index (χ1) is 30.3. The predicted molar refractivity (Wildman–Crippen MR) is 228 cm³/mol. The minimum Gasteiger partial charge on any atom is -0.475 e. The van der Waals surface area contributed by atoms with Gasteiger partial charge in [-0.1, -0.05) is 80.9 Å². The SMILES string of the molecule is CC(C)[C@H](NC(=O)CCCCCNC(=O)OCC1c2ccccc2-c2ccccc21)C(=O)N(c1ccc(COC(=O)NCN)cc1)[C@@H](CCCNC(N)=O)C(N)=O.O=C(O)C(F)(F)F. The molecule has 4 rings (SSSR count). The number of primary amides is 2. The van der Waals surface area contributed by atoms with Gasteiger partial charge in [-0.15, -0.1) is 0 Å². The smallest absolute Gasteiger partial charge is 0.475 e. The van der Waals surface area contributed by atoms with Crippen molar-refractivity contribution in [1.29, 1.82) is 0 Å². The van der Waals surface area contributed by atoms with Crippen LogP contribution in [-0.2, 0) is 35.3 Å². The molecule has 0 saturated heterocycles. The molecule has 3 aromatic rings. The molecule has 0 fully saturated rings. The molecule has 348 valence electrons. The van der Waals surface area contributed by atoms with Crippen LogP contribution in [0.1, 0.15) is 75.0 Å². The normalized spacial score (nSPS) is 12.5. The fourth-order valence-electron chi connectivity index (χ4n) is 6.74. The Hall–Kier alpha value is -6.90. The predicted octanol–water partition coefficient (Wildman–Crippen LogP) is 4.34. The van der Waals surface area contributed by atoms with Crippen molar-refractivity contribution < 1.29 is 61.3 Å². The molecule has 0 bridgehead atoms. The summed E-state index contributed by atoms with van der Waals surface area (Å²) in [6, 6.07) is 19.8. The Morgan fingerprint density at radius 2 is 1.33 bits per heavy atom. The number of aliphatic carboxylic acids is 1. The maximum absolute atomic E-state index is 14.3. The van der Waals surface area contributed by atoms with Crippen molar-refractivity contribution in [3.63, 3.8) is 0 Å². The van der Waals surface area contributed by atoms with Crippen LogP contribution in [0.4, 0.5) is 33.2 Å². The van der Waals surface area contributed by atoms with E-state index in [-0.39, 0.29) is 63.4 Å². The summed E-state index contributed by atoms with van der Waals surface area (Å²) in [6.45, 7) is 4.13. The minimum absolute atomic E-state index is 0.0362. The van der Waals surface area contributed by atoms with Gasteiger partial charge in [0.15, 0.2) is 0 Å². The molecule has 7 amide bonds. The van der Waals surface area contributed by atoms with Gasteiger partial charge in [-0.25, -0.2) is 19.2 Å². The van der Waals surface area contributed by atoms with Gasteiger partial charge in [0.25, 0.3) is 5.91 Å². The third-order valence-electron chi connectivity index (χ3n) is 9.85. The number of fused-ring (bicyclic) bond motifs is 3. The number of amides is 7. The molecular formula is C43H55F3N8O10. The molecule has 0 aliphatic heterocycles. The minimum atomic E-state index is -5.08. The lowest BCUT2D eigenvalue weighted by Crippen LogP contribution is -2.57. The van der Waals surface area contributed by atoms with E-state index < -0.39 is 54.3 Å². The number of carboxylic acids is 1. The Morgan fingerprint density at radius 1 is 0.766 bits per heavy atom. The van der Waals surface area contributed by atoms with Crippen LogP contribution in [0, 0.1) is 5.92 Å². The number of urea groups is 1. The van der Waals surface area contributed by atoms with Crippen molar-refractivity contribution >= 4 is 47.6 Å². The number of alkyl carbamates (subject to hydrolysis) is 2. The molecule has 0 heterocycles. The van der Waals surface area contributed by atoms with Crippen molar-refractivity contribution in [2.24, 2.45) is 23.1 Å². The monoisotopic (exact) mass is 900 g/mol. The van der Waals surface area contributed by atoms with Gasteiger partial charge >= 0.3 is 30.4 Å². The molecule has 11 N–H and O–H groups in total. The zero-order valence-corrected chi connectivity index (χ0v) is 35.5. The summed E-state index contributed by atoms with van der Waals surface area (Å²) in [7, 11) is 0. The van der Waals surface area contributed by atoms with Gasteiger partial charge in [0, 0.05) is 31.1 Å². The summed E-state index contributed by atoms with van der Waals surface area (Å²) < 4.78 is 42.4. The number of carbonyl (C=O) groups is 7. The number of rotatable bonds is 21. The molecule has 0 saturated carbocycles. The van der Waals surface area contributed by atoms with Crippen LogP contribution in [0.25, 0.3) is 11.1 Å². The maximum Gasteiger partial charge on any atom is 0.490 e. The highest BCUT2D eigenvalue weighted by Gasteiger charge is 2.38. The van der Waals surface area contributed by atoms with Gasteiger partial charge in [0.2, 0.25) is 11.8 Å². The van der Waals surface area contributed by atoms with Gasteiger partial charge in [-0.2, -0.15) is 13.2 Å². The van der Waals surface area contributed by atoms with E-state index >= 15 is 0 Å². The summed E-state index contributed by atoms with van der Waals surface area (Å²) in [4.78, 5) is 85.9. The summed E-state index contributed by atoms with van der Waals surface area (Å²) in [5.41, 5.74) is 21.8. The molecule has 0 unspecified atom stereocenters. The van der Waals surface area contributed by atoms with Crippen LogP contribution in [-0.4, -0.2) is 91.6 Å². The average molecular weight is 901 g/mol. The molecule has 0 spiro atoms. The zero-order chi connectivity index (χ0) is 47.4. The summed E-state index contributed by atoms with van der Waals surface area (Å²) in [5.74, 6) is -4.85. The van der Waals surface area contributed by atoms with Gasteiger partial charge in [0.1, 0.15) is 25.3 Å². The van der Waals surface area contributed by atoms with Crippen LogP contribution in [0.5, 0.6) is 0 Å². The molecule has 2 atom stereocenters. The Kier molecular flexibility index (Phi) is 20.3. The van der Waals surface area contributed by atoms with E-state index in [0.29, 0.717) is 37.1 Å². The summed E-state index contributed by atoms with van der Waals surface area (Å²) >= 11 is 0. The standard InChI is InChI=1S/C41H54N8O8.C2HF3O2/c1-26(2)36(38(52)49(34(37(43)51)15-10-22-45-39(44)53)28-19-17-27(18-20-28)23-56-41(55)47-25-42)48-35(50)16-4-3-9-21-46-40(54)57-24-33-31-13-7-5-11-29(31)30-12-6-8-14-32(30)33;3-2(4,5)1(6)7/h5-8,11-14,17-20,26,33-34,36H,3-4,9-10,15-16,21-25,42H2,1-2H3,(H2,43,51)(H,46,54)(H,47,55)(H,48,50)(H3,44,45,53);(H,6,7)/t34-,36-;/m0./s1. The Labute approximate surface area is 367 Å². The van der Waals surface area contributed by atoms with E-state index in [0.717, 1.165) is 22.3 Å². The van der Waals surface area contributed by atoms with Crippen molar-refractivity contribution in [1.82, 2.24) is 21.3 Å². The second kappa shape index (κ2) is 25.3. The number of carbonyl (C=O) groups excluding carboxylic acids is 6. The third kappa shape index (κ3) is 16.1. The van der Waals surface area contributed by atoms with E-state index in [4.69, 9.17) is 36.6 Å². The van der Waals surface area contributed by atoms with E-state index in [2.05, 4.69) is 45.5 Å². The number of nitrogens with two attached hydrogens (primary N) is 3. The lowest BCUT2D eigenvalue weighted by molar-refractivity contribution is -0.192. The van der Waals surface area contributed by atoms with Gasteiger partial charge in [0.05, 0.1) is 6.67 Å². The van der Waals surface area contributed by atoms with Crippen molar-refractivity contribution in [2.75, 3.05) is 31.3 Å². The Morgan fingerprint density at radius 3 is 1.86 bits per heavy atom. The van der Waals surface area contributed by atoms with Crippen molar-refractivity contribution in [3.8, 4) is 11.1 Å². The first-order valence-electron chi connectivity index (χ1n) is 20.4. The fourth-order valence-corrected chi connectivity index (χ4v) is 6.74. The summed E-state index contributed by atoms with van der Waals surface area (Å²) in [5, 5.41) is 17.5. The van der Waals surface area contributed by atoms with Crippen LogP contribution < -0.4 is 43.4 Å². The number of halogens is 3. The topological polar surface area (TPSA) is 288 Å². The zero-order valence-electron chi connectivity index (χ0n) is 35.5. The Bertz CT molecular complexity index is 2020. The highest BCUT2D eigenvalue weighted by molar-refractivity contribution is 6.04. The number of ether oxygens (including phenoxy) is 2. The van der Waals surface area contributed by atoms with E-state index in [1.807, 2.05) is 24.3 Å². The van der Waals surface area contributed by atoms with Crippen molar-refractivity contribution in [2.45, 2.75) is 83.2 Å². The number of benzene rings is 3. The van der Waals surface area contributed by atoms with Crippen LogP contribution in [0.15, 0.2) is 72.8 Å². The highest BCUT2D eigenvalue weighted by atomic mass is 19.4. The maximum atomic E-state index is 14.3. The number of hydrogen-bond donors (Lipinski definition) is 8. The summed E-state index contributed by atoms with van der Waals surface area (Å²) in [6.07, 6.45) is -4.04. The lowest BCUT2D eigenvalue weighted by atomic mass is 9.98. The highest BCUT2D eigenvalue weighted by Crippen LogP contribution is 2.44. The number of carboxylic acid groups (broad SMARTS) is 1. The molecule has 21 heteroatoms. The van der Waals surface area contributed by atoms with E-state index in [9.17, 15) is 41.9 Å². The quantitative estimate of drug-likeness (QED) is 0.0550. The molecule has 3 aromatic carbocycles. The first-order valence-corrected chi connectivity index (χ1v) is 20.4.